The van der Waals surface area contributed by atoms with E-state index in [1.165, 1.54) is 23.5 Å². The number of carboxylic acids is 1. The quantitative estimate of drug-likeness (QED) is 0.750. The van der Waals surface area contributed by atoms with Gasteiger partial charge in [0.2, 0.25) is 0 Å². The van der Waals surface area contributed by atoms with Crippen molar-refractivity contribution in [3.63, 3.8) is 0 Å². The summed E-state index contributed by atoms with van der Waals surface area (Å²) in [5, 5.41) is 10.2. The summed E-state index contributed by atoms with van der Waals surface area (Å²) in [6, 6.07) is 14.0. The number of carbonyl (C=O) groups is 1. The van der Waals surface area contributed by atoms with Gasteiger partial charge in [-0.05, 0) is 23.6 Å². The number of carboxylic acid groups (broad SMARTS) is 1. The highest BCUT2D eigenvalue weighted by Crippen LogP contribution is 2.35. The van der Waals surface area contributed by atoms with Crippen LogP contribution < -0.4 is 0 Å². The van der Waals surface area contributed by atoms with Crippen molar-refractivity contribution in [3.05, 3.63) is 59.9 Å². The van der Waals surface area contributed by atoms with Gasteiger partial charge in [-0.1, -0.05) is 30.3 Å². The third-order valence-electron chi connectivity index (χ3n) is 2.92. The second-order valence-corrected chi connectivity index (χ2v) is 5.20. The minimum Gasteiger partial charge on any atom is -0.478 e. The molecule has 19 heavy (non-hydrogen) atoms. The number of aromatic carboxylic acids is 1. The zero-order valence-corrected chi connectivity index (χ0v) is 10.6. The Bertz CT molecular complexity index is 744. The Kier molecular flexibility index (Phi) is 2.80. The number of fused-ring (bicyclic) bond motifs is 1. The molecule has 0 amide bonds. The molecule has 0 unspecified atom stereocenters. The van der Waals surface area contributed by atoms with E-state index in [-0.39, 0.29) is 5.56 Å². The zero-order valence-electron chi connectivity index (χ0n) is 9.76. The minimum absolute atomic E-state index is 0.269. The smallest absolute Gasteiger partial charge is 0.339 e. The third kappa shape index (κ3) is 2.00. The fraction of sp³-hybridized carbons (Fsp3) is 0. The molecule has 0 aliphatic heterocycles. The summed E-state index contributed by atoms with van der Waals surface area (Å²) < 4.78 is 14.7. The Labute approximate surface area is 112 Å². The van der Waals surface area contributed by atoms with Gasteiger partial charge in [-0.15, -0.1) is 11.3 Å². The first-order chi connectivity index (χ1) is 9.16. The van der Waals surface area contributed by atoms with E-state index in [2.05, 4.69) is 0 Å². The molecule has 0 saturated heterocycles. The molecule has 3 aromatic rings. The first-order valence-corrected chi connectivity index (χ1v) is 6.49. The van der Waals surface area contributed by atoms with Gasteiger partial charge >= 0.3 is 5.97 Å². The lowest BCUT2D eigenvalue weighted by Gasteiger charge is -2.04. The maximum absolute atomic E-state index is 13.7. The molecule has 0 fully saturated rings. The molecular weight excluding hydrogens is 263 g/mol. The normalized spacial score (nSPS) is 10.8. The Morgan fingerprint density at radius 3 is 2.63 bits per heavy atom. The molecule has 1 heterocycles. The van der Waals surface area contributed by atoms with Crippen molar-refractivity contribution in [2.24, 2.45) is 0 Å². The van der Waals surface area contributed by atoms with Crippen molar-refractivity contribution < 1.29 is 14.3 Å². The summed E-state index contributed by atoms with van der Waals surface area (Å²) in [5.74, 6) is -1.95. The van der Waals surface area contributed by atoms with Gasteiger partial charge in [-0.3, -0.25) is 0 Å². The van der Waals surface area contributed by atoms with E-state index >= 15 is 0 Å². The highest BCUT2D eigenvalue weighted by atomic mass is 32.1. The van der Waals surface area contributed by atoms with Crippen molar-refractivity contribution in [3.8, 4) is 10.4 Å². The van der Waals surface area contributed by atoms with Gasteiger partial charge in [0, 0.05) is 15.1 Å². The zero-order chi connectivity index (χ0) is 13.4. The number of halogens is 1. The van der Waals surface area contributed by atoms with Crippen LogP contribution in [0.3, 0.4) is 0 Å². The second kappa shape index (κ2) is 4.48. The van der Waals surface area contributed by atoms with Crippen LogP contribution in [0, 0.1) is 5.82 Å². The molecule has 1 N–H and O–H groups in total. The second-order valence-electron chi connectivity index (χ2n) is 4.12. The molecule has 0 spiro atoms. The summed E-state index contributed by atoms with van der Waals surface area (Å²) >= 11 is 1.46. The lowest BCUT2D eigenvalue weighted by molar-refractivity contribution is 0.0693. The monoisotopic (exact) mass is 272 g/mol. The van der Waals surface area contributed by atoms with Crippen LogP contribution in [0.25, 0.3) is 20.5 Å². The predicted octanol–water partition coefficient (Wildman–Crippen LogP) is 4.41. The maximum atomic E-state index is 13.7. The van der Waals surface area contributed by atoms with Crippen molar-refractivity contribution >= 4 is 27.4 Å². The average molecular weight is 272 g/mol. The SMILES string of the molecule is O=C(O)c1c(F)cccc1-c1cc2ccccc2s1. The van der Waals surface area contributed by atoms with Gasteiger partial charge in [-0.25, -0.2) is 9.18 Å². The van der Waals surface area contributed by atoms with E-state index in [1.54, 1.807) is 6.07 Å². The molecule has 0 bridgehead atoms. The van der Waals surface area contributed by atoms with Crippen LogP contribution in [0.2, 0.25) is 0 Å². The topological polar surface area (TPSA) is 37.3 Å². The molecule has 0 radical (unpaired) electrons. The molecule has 0 aliphatic rings. The van der Waals surface area contributed by atoms with Crippen molar-refractivity contribution in [2.75, 3.05) is 0 Å². The van der Waals surface area contributed by atoms with Gasteiger partial charge in [0.05, 0.1) is 0 Å². The molecule has 2 nitrogen and oxygen atoms in total. The average Bonchev–Trinajstić information content (AvgIpc) is 2.81. The summed E-state index contributed by atoms with van der Waals surface area (Å²) in [6.07, 6.45) is 0. The van der Waals surface area contributed by atoms with Gasteiger partial charge in [0.1, 0.15) is 11.4 Å². The number of hydrogen-bond acceptors (Lipinski definition) is 2. The summed E-state index contributed by atoms with van der Waals surface area (Å²) in [6.45, 7) is 0. The number of hydrogen-bond donors (Lipinski definition) is 1. The number of rotatable bonds is 2. The highest BCUT2D eigenvalue weighted by Gasteiger charge is 2.18. The summed E-state index contributed by atoms with van der Waals surface area (Å²) in [7, 11) is 0. The van der Waals surface area contributed by atoms with E-state index in [4.69, 9.17) is 5.11 Å². The van der Waals surface area contributed by atoms with Crippen molar-refractivity contribution in [2.45, 2.75) is 0 Å². The molecule has 2 aromatic carbocycles. The number of benzene rings is 2. The van der Waals surface area contributed by atoms with Crippen LogP contribution in [0.4, 0.5) is 4.39 Å². The van der Waals surface area contributed by atoms with E-state index in [0.717, 1.165) is 15.0 Å². The van der Waals surface area contributed by atoms with Crippen LogP contribution in [-0.4, -0.2) is 11.1 Å². The van der Waals surface area contributed by atoms with E-state index in [0.29, 0.717) is 5.56 Å². The van der Waals surface area contributed by atoms with E-state index < -0.39 is 11.8 Å². The van der Waals surface area contributed by atoms with Crippen LogP contribution in [0.1, 0.15) is 10.4 Å². The fourth-order valence-electron chi connectivity index (χ4n) is 2.06. The predicted molar refractivity (Wildman–Crippen MR) is 74.2 cm³/mol. The minimum atomic E-state index is -1.24. The van der Waals surface area contributed by atoms with Crippen LogP contribution in [-0.2, 0) is 0 Å². The Hall–Kier alpha value is -2.20. The molecule has 94 valence electrons. The van der Waals surface area contributed by atoms with Crippen molar-refractivity contribution in [1.82, 2.24) is 0 Å². The van der Waals surface area contributed by atoms with Gasteiger partial charge in [-0.2, -0.15) is 0 Å². The van der Waals surface area contributed by atoms with Gasteiger partial charge < -0.3 is 5.11 Å². The molecule has 0 aliphatic carbocycles. The summed E-state index contributed by atoms with van der Waals surface area (Å²) in [4.78, 5) is 12.0. The largest absolute Gasteiger partial charge is 0.478 e. The summed E-state index contributed by atoms with van der Waals surface area (Å²) in [5.41, 5.74) is 0.155. The van der Waals surface area contributed by atoms with E-state index in [1.807, 2.05) is 30.3 Å². The number of thiophene rings is 1. The first kappa shape index (κ1) is 11.9. The first-order valence-electron chi connectivity index (χ1n) is 5.67. The lowest BCUT2D eigenvalue weighted by atomic mass is 10.1. The maximum Gasteiger partial charge on any atom is 0.339 e. The Morgan fingerprint density at radius 2 is 1.89 bits per heavy atom. The Balaban J connectivity index is 2.27. The Morgan fingerprint density at radius 1 is 1.11 bits per heavy atom. The van der Waals surface area contributed by atoms with E-state index in [9.17, 15) is 9.18 Å². The highest BCUT2D eigenvalue weighted by molar-refractivity contribution is 7.22. The fourth-order valence-corrected chi connectivity index (χ4v) is 3.16. The van der Waals surface area contributed by atoms with Crippen LogP contribution in [0.15, 0.2) is 48.5 Å². The standard InChI is InChI=1S/C15H9FO2S/c16-11-6-3-5-10(14(11)15(17)18)13-8-9-4-1-2-7-12(9)19-13/h1-8H,(H,17,18). The van der Waals surface area contributed by atoms with Gasteiger partial charge in [0.15, 0.2) is 0 Å². The molecule has 3 rings (SSSR count). The van der Waals surface area contributed by atoms with Crippen molar-refractivity contribution in [1.29, 1.82) is 0 Å². The van der Waals surface area contributed by atoms with Gasteiger partial charge in [0.25, 0.3) is 0 Å². The third-order valence-corrected chi connectivity index (χ3v) is 4.07. The van der Waals surface area contributed by atoms with Crippen LogP contribution >= 0.6 is 11.3 Å². The molecule has 1 aromatic heterocycles. The lowest BCUT2D eigenvalue weighted by Crippen LogP contribution is -2.02. The molecule has 0 atom stereocenters. The molecule has 0 saturated carbocycles. The van der Waals surface area contributed by atoms with Crippen LogP contribution in [0.5, 0.6) is 0 Å². The molecular formula is C15H9FO2S. The molecule has 4 heteroatoms.